The lowest BCUT2D eigenvalue weighted by Gasteiger charge is -2.09. The molecule has 0 spiro atoms. The summed E-state index contributed by atoms with van der Waals surface area (Å²) in [4.78, 5) is 14.4. The highest BCUT2D eigenvalue weighted by atomic mass is 32.1. The lowest BCUT2D eigenvalue weighted by molar-refractivity contribution is 0.257. The number of pyridine rings is 1. The van der Waals surface area contributed by atoms with Crippen molar-refractivity contribution in [2.75, 3.05) is 4.31 Å². The molecule has 0 bridgehead atoms. The summed E-state index contributed by atoms with van der Waals surface area (Å²) in [7, 11) is 0. The Bertz CT molecular complexity index is 251. The number of carbonyl (C=O) groups excluding carboxylic acids is 1. The molecule has 0 unspecified atom stereocenters. The Labute approximate surface area is 69.6 Å². The first kappa shape index (κ1) is 7.87. The van der Waals surface area contributed by atoms with Gasteiger partial charge in [-0.2, -0.15) is 0 Å². The first-order chi connectivity index (χ1) is 5.22. The largest absolute Gasteiger partial charge is 0.350 e. The molecule has 58 valence electrons. The molecule has 4 nitrogen and oxygen atoms in total. The normalized spacial score (nSPS) is 9.18. The number of nitrogens with two attached hydrogens (primary N) is 1. The third-order valence-corrected chi connectivity index (χ3v) is 1.48. The summed E-state index contributed by atoms with van der Waals surface area (Å²) in [5, 5.41) is 0. The van der Waals surface area contributed by atoms with Crippen molar-refractivity contribution in [1.82, 2.24) is 4.98 Å². The topological polar surface area (TPSA) is 59.2 Å². The van der Waals surface area contributed by atoms with Gasteiger partial charge in [0, 0.05) is 6.20 Å². The number of urea groups is 1. The lowest BCUT2D eigenvalue weighted by atomic mass is 10.5. The van der Waals surface area contributed by atoms with Crippen molar-refractivity contribution in [3.63, 3.8) is 0 Å². The van der Waals surface area contributed by atoms with Crippen molar-refractivity contribution in [1.29, 1.82) is 0 Å². The molecule has 0 atom stereocenters. The molecule has 0 aliphatic heterocycles. The Morgan fingerprint density at radius 3 is 2.82 bits per heavy atom. The van der Waals surface area contributed by atoms with Crippen LogP contribution in [0.3, 0.4) is 0 Å². The molecule has 0 aliphatic carbocycles. The average molecular weight is 169 g/mol. The first-order valence-corrected chi connectivity index (χ1v) is 3.31. The van der Waals surface area contributed by atoms with Crippen molar-refractivity contribution >= 4 is 24.7 Å². The summed E-state index contributed by atoms with van der Waals surface area (Å²) < 4.78 is 0.972. The monoisotopic (exact) mass is 169 g/mol. The number of hydrogen-bond acceptors (Lipinski definition) is 3. The van der Waals surface area contributed by atoms with E-state index >= 15 is 0 Å². The highest BCUT2D eigenvalue weighted by Gasteiger charge is 2.06. The van der Waals surface area contributed by atoms with Gasteiger partial charge in [-0.05, 0) is 12.1 Å². The van der Waals surface area contributed by atoms with Crippen molar-refractivity contribution in [2.45, 2.75) is 0 Å². The average Bonchev–Trinajstić information content (AvgIpc) is 2.05. The maximum absolute atomic E-state index is 10.5. The van der Waals surface area contributed by atoms with Gasteiger partial charge in [-0.15, -0.1) is 0 Å². The van der Waals surface area contributed by atoms with Crippen molar-refractivity contribution in [3.05, 3.63) is 24.4 Å². The predicted octanol–water partition coefficient (Wildman–Crippen LogP) is 0.812. The molecule has 2 N–H and O–H groups in total. The molecule has 0 aromatic carbocycles. The predicted molar refractivity (Wildman–Crippen MR) is 45.3 cm³/mol. The van der Waals surface area contributed by atoms with Crippen LogP contribution in [0.1, 0.15) is 0 Å². The van der Waals surface area contributed by atoms with Crippen molar-refractivity contribution in [2.24, 2.45) is 5.73 Å². The number of rotatable bonds is 1. The van der Waals surface area contributed by atoms with Crippen LogP contribution in [0.2, 0.25) is 0 Å². The second kappa shape index (κ2) is 3.25. The molecule has 1 aromatic rings. The fourth-order valence-electron chi connectivity index (χ4n) is 0.592. The van der Waals surface area contributed by atoms with E-state index in [-0.39, 0.29) is 0 Å². The van der Waals surface area contributed by atoms with Gasteiger partial charge < -0.3 is 5.73 Å². The maximum atomic E-state index is 10.5. The Balaban J connectivity index is 2.85. The van der Waals surface area contributed by atoms with Gasteiger partial charge in [-0.25, -0.2) is 14.1 Å². The van der Waals surface area contributed by atoms with E-state index in [4.69, 9.17) is 5.73 Å². The van der Waals surface area contributed by atoms with Gasteiger partial charge in [0.15, 0.2) is 0 Å². The number of anilines is 1. The van der Waals surface area contributed by atoms with E-state index in [1.807, 2.05) is 0 Å². The van der Waals surface area contributed by atoms with Crippen LogP contribution < -0.4 is 10.0 Å². The molecule has 0 saturated carbocycles. The summed E-state index contributed by atoms with van der Waals surface area (Å²) in [5.74, 6) is 0.420. The molecule has 2 amide bonds. The van der Waals surface area contributed by atoms with E-state index < -0.39 is 6.03 Å². The molecule has 1 rings (SSSR count). The van der Waals surface area contributed by atoms with Crippen LogP contribution in [0.5, 0.6) is 0 Å². The Kier molecular flexibility index (Phi) is 2.32. The second-order valence-electron chi connectivity index (χ2n) is 1.84. The molecule has 1 aromatic heterocycles. The molecule has 1 heterocycles. The SMILES string of the molecule is NC(=O)N(S)c1ccccn1. The minimum Gasteiger partial charge on any atom is -0.350 e. The van der Waals surface area contributed by atoms with Gasteiger partial charge in [0.2, 0.25) is 0 Å². The minimum absolute atomic E-state index is 0.420. The standard InChI is InChI=1S/C6H7N3OS/c7-6(10)9(11)5-3-1-2-4-8-5/h1-4,11H,(H2,7,10). The van der Waals surface area contributed by atoms with Crippen molar-refractivity contribution < 1.29 is 4.79 Å². The van der Waals surface area contributed by atoms with E-state index in [0.717, 1.165) is 4.31 Å². The van der Waals surface area contributed by atoms with Gasteiger partial charge in [0.05, 0.1) is 0 Å². The van der Waals surface area contributed by atoms with E-state index in [1.54, 1.807) is 24.4 Å². The fourth-order valence-corrected chi connectivity index (χ4v) is 0.710. The number of nitrogens with zero attached hydrogens (tertiary/aromatic N) is 2. The molecular weight excluding hydrogens is 162 g/mol. The first-order valence-electron chi connectivity index (χ1n) is 2.91. The zero-order valence-corrected chi connectivity index (χ0v) is 6.53. The van der Waals surface area contributed by atoms with E-state index in [9.17, 15) is 4.79 Å². The second-order valence-corrected chi connectivity index (χ2v) is 2.24. The van der Waals surface area contributed by atoms with Gasteiger partial charge in [0.25, 0.3) is 0 Å². The minimum atomic E-state index is -0.646. The number of amides is 2. The summed E-state index contributed by atoms with van der Waals surface area (Å²) in [5.41, 5.74) is 4.94. The Morgan fingerprint density at radius 2 is 2.36 bits per heavy atom. The number of primary amides is 1. The van der Waals surface area contributed by atoms with Gasteiger partial charge in [-0.1, -0.05) is 18.9 Å². The Morgan fingerprint density at radius 1 is 1.64 bits per heavy atom. The molecular formula is C6H7N3OS. The summed E-state index contributed by atoms with van der Waals surface area (Å²) in [6.07, 6.45) is 1.56. The molecule has 0 radical (unpaired) electrons. The van der Waals surface area contributed by atoms with Gasteiger partial charge in [0.1, 0.15) is 5.82 Å². The van der Waals surface area contributed by atoms with E-state index in [2.05, 4.69) is 17.8 Å². The molecule has 5 heteroatoms. The van der Waals surface area contributed by atoms with Crippen LogP contribution in [-0.4, -0.2) is 11.0 Å². The zero-order chi connectivity index (χ0) is 8.27. The highest BCUT2D eigenvalue weighted by Crippen LogP contribution is 2.09. The molecule has 0 saturated heterocycles. The van der Waals surface area contributed by atoms with E-state index in [0.29, 0.717) is 5.82 Å². The van der Waals surface area contributed by atoms with Crippen LogP contribution in [0.15, 0.2) is 24.4 Å². The van der Waals surface area contributed by atoms with E-state index in [1.165, 1.54) is 0 Å². The number of hydrogen-bond donors (Lipinski definition) is 2. The summed E-state index contributed by atoms with van der Waals surface area (Å²) in [6, 6.07) is 4.48. The zero-order valence-electron chi connectivity index (χ0n) is 5.64. The molecule has 0 fully saturated rings. The summed E-state index contributed by atoms with van der Waals surface area (Å²) in [6.45, 7) is 0. The van der Waals surface area contributed by atoms with Crippen LogP contribution >= 0.6 is 12.8 Å². The van der Waals surface area contributed by atoms with Crippen LogP contribution in [-0.2, 0) is 0 Å². The van der Waals surface area contributed by atoms with Crippen LogP contribution in [0.25, 0.3) is 0 Å². The third kappa shape index (κ3) is 1.84. The number of thiol groups is 1. The summed E-state index contributed by atoms with van der Waals surface area (Å²) >= 11 is 3.81. The highest BCUT2D eigenvalue weighted by molar-refractivity contribution is 7.82. The number of carbonyl (C=O) groups is 1. The lowest BCUT2D eigenvalue weighted by Crippen LogP contribution is -2.27. The molecule has 11 heavy (non-hydrogen) atoms. The Hall–Kier alpha value is -1.23. The third-order valence-electron chi connectivity index (χ3n) is 1.08. The molecule has 0 aliphatic rings. The smallest absolute Gasteiger partial charge is 0.330 e. The maximum Gasteiger partial charge on any atom is 0.330 e. The fraction of sp³-hybridized carbons (Fsp3) is 0. The van der Waals surface area contributed by atoms with Gasteiger partial charge >= 0.3 is 6.03 Å². The van der Waals surface area contributed by atoms with Crippen LogP contribution in [0, 0.1) is 0 Å². The van der Waals surface area contributed by atoms with Crippen LogP contribution in [0.4, 0.5) is 10.6 Å². The van der Waals surface area contributed by atoms with Gasteiger partial charge in [-0.3, -0.25) is 0 Å². The quantitative estimate of drug-likeness (QED) is 0.611. The number of aromatic nitrogens is 1. The van der Waals surface area contributed by atoms with Crippen molar-refractivity contribution in [3.8, 4) is 0 Å².